The number of amides is 1. The van der Waals surface area contributed by atoms with E-state index in [0.717, 1.165) is 5.56 Å². The van der Waals surface area contributed by atoms with Gasteiger partial charge in [0.05, 0.1) is 6.20 Å². The Morgan fingerprint density at radius 1 is 1.17 bits per heavy atom. The van der Waals surface area contributed by atoms with Crippen molar-refractivity contribution >= 4 is 11.6 Å². The van der Waals surface area contributed by atoms with Crippen LogP contribution in [0.1, 0.15) is 12.8 Å². The van der Waals surface area contributed by atoms with Crippen LogP contribution < -0.4 is 10.1 Å². The number of carbonyl (C=O) groups is 1. The number of nitrogens with zero attached hydrogens (tertiary/aromatic N) is 1. The van der Waals surface area contributed by atoms with Crippen molar-refractivity contribution in [2.75, 3.05) is 5.32 Å². The third-order valence-corrected chi connectivity index (χ3v) is 3.22. The maximum atomic E-state index is 12.9. The van der Waals surface area contributed by atoms with Gasteiger partial charge < -0.3 is 14.5 Å². The largest absolute Gasteiger partial charge is 0.484 e. The number of aromatic nitrogens is 1. The molecule has 0 aliphatic heterocycles. The van der Waals surface area contributed by atoms with Crippen LogP contribution in [0.3, 0.4) is 0 Å². The Bertz CT molecular complexity index is 826. The summed E-state index contributed by atoms with van der Waals surface area (Å²) in [6.45, 7) is 1.62. The zero-order chi connectivity index (χ0) is 16.9. The molecule has 0 saturated heterocycles. The minimum atomic E-state index is -0.301. The highest BCUT2D eigenvalue weighted by atomic mass is 19.1. The first kappa shape index (κ1) is 15.7. The zero-order valence-corrected chi connectivity index (χ0v) is 13.0. The number of rotatable bonds is 5. The Morgan fingerprint density at radius 3 is 2.54 bits per heavy atom. The highest BCUT2D eigenvalue weighted by molar-refractivity contribution is 5.88. The molecule has 6 heteroatoms. The summed E-state index contributed by atoms with van der Waals surface area (Å²) in [6.07, 6.45) is 1.58. The van der Waals surface area contributed by atoms with Crippen LogP contribution in [-0.2, 0) is 11.4 Å². The molecule has 0 spiro atoms. The first-order valence-electron chi connectivity index (χ1n) is 7.31. The molecule has 3 aromatic rings. The van der Waals surface area contributed by atoms with Crippen molar-refractivity contribution < 1.29 is 18.3 Å². The fourth-order valence-corrected chi connectivity index (χ4v) is 2.11. The van der Waals surface area contributed by atoms with E-state index in [-0.39, 0.29) is 18.3 Å². The molecule has 0 saturated carbocycles. The molecule has 24 heavy (non-hydrogen) atoms. The SMILES string of the molecule is CC(=O)Nc1ccc(OCc2ncc(-c3ccc(F)cc3)o2)cc1. The average Bonchev–Trinajstić information content (AvgIpc) is 3.03. The predicted octanol–water partition coefficient (Wildman–Crippen LogP) is 4.02. The number of nitrogens with one attached hydrogen (secondary N) is 1. The van der Waals surface area contributed by atoms with E-state index in [9.17, 15) is 9.18 Å². The minimum Gasteiger partial charge on any atom is -0.484 e. The van der Waals surface area contributed by atoms with Crippen molar-refractivity contribution in [3.63, 3.8) is 0 Å². The molecule has 0 aliphatic carbocycles. The second-order valence-corrected chi connectivity index (χ2v) is 5.12. The van der Waals surface area contributed by atoms with Gasteiger partial charge in [0.15, 0.2) is 12.4 Å². The second kappa shape index (κ2) is 6.95. The first-order chi connectivity index (χ1) is 11.6. The van der Waals surface area contributed by atoms with Crippen molar-refractivity contribution in [2.24, 2.45) is 0 Å². The van der Waals surface area contributed by atoms with Gasteiger partial charge >= 0.3 is 0 Å². The lowest BCUT2D eigenvalue weighted by molar-refractivity contribution is -0.114. The van der Waals surface area contributed by atoms with Gasteiger partial charge in [0, 0.05) is 18.2 Å². The number of anilines is 1. The molecule has 2 aromatic carbocycles. The van der Waals surface area contributed by atoms with Gasteiger partial charge in [0.2, 0.25) is 11.8 Å². The van der Waals surface area contributed by atoms with Crippen LogP contribution in [-0.4, -0.2) is 10.9 Å². The molecule has 1 amide bonds. The van der Waals surface area contributed by atoms with Gasteiger partial charge in [-0.25, -0.2) is 9.37 Å². The minimum absolute atomic E-state index is 0.128. The highest BCUT2D eigenvalue weighted by Gasteiger charge is 2.07. The second-order valence-electron chi connectivity index (χ2n) is 5.12. The third-order valence-electron chi connectivity index (χ3n) is 3.22. The third kappa shape index (κ3) is 3.98. The van der Waals surface area contributed by atoms with Crippen LogP contribution in [0.25, 0.3) is 11.3 Å². The maximum absolute atomic E-state index is 12.9. The number of hydrogen-bond donors (Lipinski definition) is 1. The van der Waals surface area contributed by atoms with E-state index >= 15 is 0 Å². The molecule has 1 aromatic heterocycles. The first-order valence-corrected chi connectivity index (χ1v) is 7.31. The molecular formula is C18H15FN2O3. The summed E-state index contributed by atoms with van der Waals surface area (Å²) in [5.41, 5.74) is 1.44. The van der Waals surface area contributed by atoms with Gasteiger partial charge in [0.25, 0.3) is 0 Å². The molecule has 1 heterocycles. The summed E-state index contributed by atoms with van der Waals surface area (Å²) in [5, 5.41) is 2.68. The van der Waals surface area contributed by atoms with Crippen LogP contribution in [0.2, 0.25) is 0 Å². The van der Waals surface area contributed by atoms with E-state index in [1.54, 1.807) is 42.6 Å². The molecule has 0 fully saturated rings. The van der Waals surface area contributed by atoms with Crippen LogP contribution in [0.5, 0.6) is 5.75 Å². The Balaban J connectivity index is 1.61. The van der Waals surface area contributed by atoms with Crippen LogP contribution in [0.4, 0.5) is 10.1 Å². The summed E-state index contributed by atoms with van der Waals surface area (Å²) in [4.78, 5) is 15.1. The normalized spacial score (nSPS) is 10.4. The highest BCUT2D eigenvalue weighted by Crippen LogP contribution is 2.22. The molecule has 0 aliphatic rings. The quantitative estimate of drug-likeness (QED) is 0.769. The van der Waals surface area contributed by atoms with Crippen LogP contribution in [0.15, 0.2) is 59.1 Å². The molecule has 122 valence electrons. The fourth-order valence-electron chi connectivity index (χ4n) is 2.11. The van der Waals surface area contributed by atoms with Crippen molar-refractivity contribution in [1.29, 1.82) is 0 Å². The van der Waals surface area contributed by atoms with E-state index in [4.69, 9.17) is 9.15 Å². The number of carbonyl (C=O) groups excluding carboxylic acids is 1. The van der Waals surface area contributed by atoms with Crippen molar-refractivity contribution in [3.05, 3.63) is 66.4 Å². The van der Waals surface area contributed by atoms with Crippen LogP contribution in [0, 0.1) is 5.82 Å². The lowest BCUT2D eigenvalue weighted by atomic mass is 10.2. The molecule has 3 rings (SSSR count). The van der Waals surface area contributed by atoms with Gasteiger partial charge in [-0.15, -0.1) is 0 Å². The van der Waals surface area contributed by atoms with Gasteiger partial charge in [-0.3, -0.25) is 4.79 Å². The molecule has 1 N–H and O–H groups in total. The Kier molecular flexibility index (Phi) is 4.56. The van der Waals surface area contributed by atoms with Gasteiger partial charge in [-0.2, -0.15) is 0 Å². The van der Waals surface area contributed by atoms with E-state index in [1.165, 1.54) is 19.1 Å². The Labute approximate surface area is 138 Å². The predicted molar refractivity (Wildman–Crippen MR) is 87.0 cm³/mol. The van der Waals surface area contributed by atoms with Gasteiger partial charge in [0.1, 0.15) is 11.6 Å². The summed E-state index contributed by atoms with van der Waals surface area (Å²) in [7, 11) is 0. The molecule has 0 unspecified atom stereocenters. The van der Waals surface area contributed by atoms with Gasteiger partial charge in [-0.1, -0.05) is 0 Å². The van der Waals surface area contributed by atoms with Crippen LogP contribution >= 0.6 is 0 Å². The van der Waals surface area contributed by atoms with Crippen molar-refractivity contribution in [2.45, 2.75) is 13.5 Å². The maximum Gasteiger partial charge on any atom is 0.232 e. The van der Waals surface area contributed by atoms with Crippen molar-refractivity contribution in [3.8, 4) is 17.1 Å². The van der Waals surface area contributed by atoms with Gasteiger partial charge in [-0.05, 0) is 48.5 Å². The average molecular weight is 326 g/mol. The zero-order valence-electron chi connectivity index (χ0n) is 13.0. The number of oxazole rings is 1. The summed E-state index contributed by atoms with van der Waals surface area (Å²) in [5.74, 6) is 1.17. The fraction of sp³-hybridized carbons (Fsp3) is 0.111. The molecule has 5 nitrogen and oxygen atoms in total. The monoisotopic (exact) mass is 326 g/mol. The lowest BCUT2D eigenvalue weighted by Crippen LogP contribution is -2.05. The number of hydrogen-bond acceptors (Lipinski definition) is 4. The summed E-state index contributed by atoms with van der Waals surface area (Å²) in [6, 6.07) is 13.0. The smallest absolute Gasteiger partial charge is 0.232 e. The summed E-state index contributed by atoms with van der Waals surface area (Å²) >= 11 is 0. The number of ether oxygens (including phenoxy) is 1. The molecular weight excluding hydrogens is 311 g/mol. The summed E-state index contributed by atoms with van der Waals surface area (Å²) < 4.78 is 24.1. The van der Waals surface area contributed by atoms with E-state index < -0.39 is 0 Å². The Morgan fingerprint density at radius 2 is 1.88 bits per heavy atom. The number of benzene rings is 2. The standard InChI is InChI=1S/C18H15FN2O3/c1-12(22)21-15-6-8-16(9-7-15)23-11-18-20-10-17(24-18)13-2-4-14(19)5-3-13/h2-10H,11H2,1H3,(H,21,22). The van der Waals surface area contributed by atoms with E-state index in [2.05, 4.69) is 10.3 Å². The Hall–Kier alpha value is -3.15. The topological polar surface area (TPSA) is 64.4 Å². The number of halogens is 1. The molecule has 0 radical (unpaired) electrons. The van der Waals surface area contributed by atoms with E-state index in [1.807, 2.05) is 0 Å². The van der Waals surface area contributed by atoms with Crippen molar-refractivity contribution in [1.82, 2.24) is 4.98 Å². The van der Waals surface area contributed by atoms with E-state index in [0.29, 0.717) is 23.1 Å². The lowest BCUT2D eigenvalue weighted by Gasteiger charge is -2.05. The molecule has 0 bridgehead atoms. The molecule has 0 atom stereocenters.